The van der Waals surface area contributed by atoms with Crippen LogP contribution in [0.25, 0.3) is 22.6 Å². The lowest BCUT2D eigenvalue weighted by Gasteiger charge is -2.10. The Labute approximate surface area is 205 Å². The van der Waals surface area contributed by atoms with E-state index in [0.717, 1.165) is 5.52 Å². The number of anilines is 2. The van der Waals surface area contributed by atoms with E-state index in [1.807, 2.05) is 18.4 Å². The van der Waals surface area contributed by atoms with Crippen LogP contribution >= 0.6 is 0 Å². The number of nitrogens with one attached hydrogen (secondary N) is 1. The zero-order valence-corrected chi connectivity index (χ0v) is 19.6. The van der Waals surface area contributed by atoms with E-state index in [0.29, 0.717) is 58.8 Å². The fourth-order valence-corrected chi connectivity index (χ4v) is 3.75. The molecule has 0 aliphatic heterocycles. The molecule has 11 nitrogen and oxygen atoms in total. The number of aromatic nitrogens is 5. The number of pyridine rings is 1. The van der Waals surface area contributed by atoms with Crippen molar-refractivity contribution in [1.29, 1.82) is 0 Å². The molecule has 36 heavy (non-hydrogen) atoms. The number of carbonyl (C=O) groups is 1. The van der Waals surface area contributed by atoms with Crippen molar-refractivity contribution >= 4 is 28.4 Å². The maximum Gasteiger partial charge on any atom is 0.255 e. The second kappa shape index (κ2) is 9.74. The van der Waals surface area contributed by atoms with Crippen LogP contribution in [0.2, 0.25) is 0 Å². The van der Waals surface area contributed by atoms with Gasteiger partial charge in [-0.3, -0.25) is 4.79 Å². The molecule has 3 N–H and O–H groups in total. The second-order valence-corrected chi connectivity index (χ2v) is 7.73. The molecule has 0 radical (unpaired) electrons. The monoisotopic (exact) mass is 485 g/mol. The molecule has 0 spiro atoms. The zero-order chi connectivity index (χ0) is 25.1. The van der Waals surface area contributed by atoms with Gasteiger partial charge in [0.15, 0.2) is 17.3 Å². The summed E-state index contributed by atoms with van der Waals surface area (Å²) < 4.78 is 18.1. The van der Waals surface area contributed by atoms with Crippen molar-refractivity contribution in [2.75, 3.05) is 17.7 Å². The third-order valence-corrected chi connectivity index (χ3v) is 5.39. The number of fused-ring (bicyclic) bond motifs is 1. The van der Waals surface area contributed by atoms with E-state index >= 15 is 0 Å². The first-order chi connectivity index (χ1) is 17.6. The number of nitrogen functional groups attached to an aromatic ring is 1. The van der Waals surface area contributed by atoms with Gasteiger partial charge in [-0.25, -0.2) is 14.6 Å². The lowest BCUT2D eigenvalue weighted by Crippen LogP contribution is -2.11. The van der Waals surface area contributed by atoms with E-state index in [1.54, 1.807) is 60.8 Å². The number of ether oxygens (including phenoxy) is 2. The molecular weight excluding hydrogens is 462 g/mol. The highest BCUT2D eigenvalue weighted by Crippen LogP contribution is 2.30. The van der Waals surface area contributed by atoms with Crippen molar-refractivity contribution in [3.63, 3.8) is 0 Å². The van der Waals surface area contributed by atoms with E-state index in [-0.39, 0.29) is 11.7 Å². The normalized spacial score (nSPS) is 10.9. The molecule has 3 aromatic heterocycles. The zero-order valence-electron chi connectivity index (χ0n) is 19.6. The Balaban J connectivity index is 1.35. The number of nitrogens with zero attached hydrogens (tertiary/aromatic N) is 5. The van der Waals surface area contributed by atoms with E-state index in [4.69, 9.17) is 19.8 Å². The van der Waals surface area contributed by atoms with Crippen LogP contribution in [0.3, 0.4) is 0 Å². The van der Waals surface area contributed by atoms with Gasteiger partial charge in [-0.1, -0.05) is 6.07 Å². The Bertz CT molecular complexity index is 1530. The largest absolute Gasteiger partial charge is 0.494 e. The minimum atomic E-state index is -0.240. The summed E-state index contributed by atoms with van der Waals surface area (Å²) in [6.07, 6.45) is 1.61. The van der Waals surface area contributed by atoms with E-state index in [1.165, 1.54) is 0 Å². The Morgan fingerprint density at radius 3 is 2.64 bits per heavy atom. The lowest BCUT2D eigenvalue weighted by molar-refractivity contribution is 0.102. The number of amides is 1. The van der Waals surface area contributed by atoms with Gasteiger partial charge in [0.25, 0.3) is 5.91 Å². The molecule has 1 amide bonds. The number of nitrogens with two attached hydrogens (primary N) is 1. The van der Waals surface area contributed by atoms with Crippen LogP contribution in [0.5, 0.6) is 17.4 Å². The van der Waals surface area contributed by atoms with Crippen LogP contribution in [0.4, 0.5) is 11.5 Å². The van der Waals surface area contributed by atoms with Crippen molar-refractivity contribution in [3.8, 4) is 28.9 Å². The van der Waals surface area contributed by atoms with Crippen molar-refractivity contribution in [3.05, 3.63) is 66.4 Å². The van der Waals surface area contributed by atoms with E-state index in [9.17, 15) is 4.79 Å². The van der Waals surface area contributed by atoms with Gasteiger partial charge < -0.3 is 25.1 Å². The summed E-state index contributed by atoms with van der Waals surface area (Å²) in [5, 5.41) is 10.4. The molecule has 0 bridgehead atoms. The first-order valence-electron chi connectivity index (χ1n) is 11.3. The molecule has 0 atom stereocenters. The van der Waals surface area contributed by atoms with E-state index < -0.39 is 0 Å². The summed E-state index contributed by atoms with van der Waals surface area (Å²) in [6, 6.07) is 15.8. The summed E-state index contributed by atoms with van der Waals surface area (Å²) >= 11 is 0. The summed E-state index contributed by atoms with van der Waals surface area (Å²) in [4.78, 5) is 21.6. The van der Waals surface area contributed by atoms with Gasteiger partial charge in [0.05, 0.1) is 18.3 Å². The fourth-order valence-electron chi connectivity index (χ4n) is 3.75. The Morgan fingerprint density at radius 2 is 1.92 bits per heavy atom. The maximum absolute atomic E-state index is 12.7. The molecule has 0 fully saturated rings. The molecule has 3 heterocycles. The van der Waals surface area contributed by atoms with Crippen molar-refractivity contribution in [1.82, 2.24) is 24.8 Å². The molecule has 11 heteroatoms. The molecule has 5 rings (SSSR count). The molecule has 0 saturated carbocycles. The van der Waals surface area contributed by atoms with Gasteiger partial charge in [-0.15, -0.1) is 0 Å². The minimum absolute atomic E-state index is 0.161. The van der Waals surface area contributed by atoms with Crippen molar-refractivity contribution in [2.45, 2.75) is 20.4 Å². The SMILES string of the molecule is CCOc1ccc(C(=O)Nc2cccc(Oc3cc4c(cn3)nc(-c3nonc3N)n4CC)c2)cc1. The number of benzene rings is 2. The summed E-state index contributed by atoms with van der Waals surface area (Å²) in [6.45, 7) is 5.06. The van der Waals surface area contributed by atoms with Crippen LogP contribution in [0.15, 0.2) is 65.4 Å². The molecular formula is C25H23N7O4. The third-order valence-electron chi connectivity index (χ3n) is 5.39. The molecule has 0 unspecified atom stereocenters. The predicted molar refractivity (Wildman–Crippen MR) is 133 cm³/mol. The van der Waals surface area contributed by atoms with Gasteiger partial charge in [0, 0.05) is 29.9 Å². The first kappa shape index (κ1) is 22.8. The topological polar surface area (TPSA) is 143 Å². The number of hydrogen-bond donors (Lipinski definition) is 2. The van der Waals surface area contributed by atoms with Crippen LogP contribution in [-0.2, 0) is 6.54 Å². The van der Waals surface area contributed by atoms with Crippen molar-refractivity contribution in [2.24, 2.45) is 0 Å². The molecule has 0 aliphatic rings. The third kappa shape index (κ3) is 4.53. The molecule has 0 aliphatic carbocycles. The highest BCUT2D eigenvalue weighted by Gasteiger charge is 2.19. The standard InChI is InChI=1S/C25H23N7O4/c1-3-32-20-13-21(27-14-19(20)29-24(32)22-23(26)31-36-30-22)35-18-7-5-6-16(12-18)28-25(33)15-8-10-17(11-9-15)34-4-2/h5-14H,3-4H2,1-2H3,(H2,26,31)(H,28,33). The number of hydrogen-bond acceptors (Lipinski definition) is 9. The first-order valence-corrected chi connectivity index (χ1v) is 11.3. The number of aryl methyl sites for hydroxylation is 1. The lowest BCUT2D eigenvalue weighted by atomic mass is 10.2. The summed E-state index contributed by atoms with van der Waals surface area (Å²) in [5.74, 6) is 2.05. The van der Waals surface area contributed by atoms with Crippen LogP contribution in [0.1, 0.15) is 24.2 Å². The highest BCUT2D eigenvalue weighted by atomic mass is 16.6. The fraction of sp³-hybridized carbons (Fsp3) is 0.160. The minimum Gasteiger partial charge on any atom is -0.494 e. The molecule has 2 aromatic carbocycles. The number of carbonyl (C=O) groups excluding carboxylic acids is 1. The molecule has 5 aromatic rings. The van der Waals surface area contributed by atoms with Crippen LogP contribution in [-0.4, -0.2) is 37.4 Å². The molecule has 182 valence electrons. The average Bonchev–Trinajstić information content (AvgIpc) is 3.47. The summed E-state index contributed by atoms with van der Waals surface area (Å²) in [5.41, 5.74) is 8.77. The highest BCUT2D eigenvalue weighted by molar-refractivity contribution is 6.04. The van der Waals surface area contributed by atoms with Crippen LogP contribution in [0, 0.1) is 0 Å². The van der Waals surface area contributed by atoms with Gasteiger partial charge in [-0.2, -0.15) is 0 Å². The van der Waals surface area contributed by atoms with E-state index in [2.05, 4.69) is 25.6 Å². The Hall–Kier alpha value is -4.93. The van der Waals surface area contributed by atoms with Gasteiger partial charge in [0.1, 0.15) is 17.0 Å². The molecule has 0 saturated heterocycles. The average molecular weight is 486 g/mol. The Morgan fingerprint density at radius 1 is 1.08 bits per heavy atom. The maximum atomic E-state index is 12.7. The second-order valence-electron chi connectivity index (χ2n) is 7.73. The quantitative estimate of drug-likeness (QED) is 0.324. The smallest absolute Gasteiger partial charge is 0.255 e. The van der Waals surface area contributed by atoms with Crippen LogP contribution < -0.4 is 20.5 Å². The van der Waals surface area contributed by atoms with Gasteiger partial charge in [-0.05, 0) is 60.6 Å². The summed E-state index contributed by atoms with van der Waals surface area (Å²) in [7, 11) is 0. The van der Waals surface area contributed by atoms with Crippen molar-refractivity contribution < 1.29 is 18.9 Å². The van der Waals surface area contributed by atoms with Gasteiger partial charge >= 0.3 is 0 Å². The number of imidazole rings is 1. The number of rotatable bonds is 8. The van der Waals surface area contributed by atoms with Gasteiger partial charge in [0.2, 0.25) is 5.88 Å². The Kier molecular flexibility index (Phi) is 6.18. The predicted octanol–water partition coefficient (Wildman–Crippen LogP) is 4.53.